The molecule has 0 aliphatic carbocycles. The predicted molar refractivity (Wildman–Crippen MR) is 101 cm³/mol. The number of piperidine rings is 1. The molecule has 0 saturated carbocycles. The van der Waals surface area contributed by atoms with Gasteiger partial charge in [-0.1, -0.05) is 42.5 Å². The lowest BCUT2D eigenvalue weighted by atomic mass is 9.97. The number of rotatable bonds is 5. The zero-order valence-corrected chi connectivity index (χ0v) is 15.0. The van der Waals surface area contributed by atoms with Crippen molar-refractivity contribution in [2.75, 3.05) is 32.1 Å². The molecule has 3 rings (SSSR count). The SMILES string of the molecule is COC(=O)C1CC[NH+](CC(=O)Nc2ccc(-c3ccccc3)cc2)CC1. The minimum absolute atomic E-state index is 0.00368. The van der Waals surface area contributed by atoms with Crippen molar-refractivity contribution >= 4 is 17.6 Å². The second-order valence-electron chi connectivity index (χ2n) is 6.72. The van der Waals surface area contributed by atoms with Crippen LogP contribution >= 0.6 is 0 Å². The molecule has 5 heteroatoms. The summed E-state index contributed by atoms with van der Waals surface area (Å²) in [4.78, 5) is 25.1. The van der Waals surface area contributed by atoms with Crippen molar-refractivity contribution in [3.05, 3.63) is 54.6 Å². The number of esters is 1. The van der Waals surface area contributed by atoms with Crippen molar-refractivity contribution in [1.29, 1.82) is 0 Å². The van der Waals surface area contributed by atoms with Crippen LogP contribution in [0.15, 0.2) is 54.6 Å². The average Bonchev–Trinajstić information content (AvgIpc) is 2.69. The van der Waals surface area contributed by atoms with E-state index in [2.05, 4.69) is 17.4 Å². The Balaban J connectivity index is 1.49. The Morgan fingerprint density at radius 2 is 1.62 bits per heavy atom. The number of carbonyl (C=O) groups excluding carboxylic acids is 2. The van der Waals surface area contributed by atoms with Crippen LogP contribution in [0, 0.1) is 5.92 Å². The highest BCUT2D eigenvalue weighted by Crippen LogP contribution is 2.20. The largest absolute Gasteiger partial charge is 0.469 e. The van der Waals surface area contributed by atoms with E-state index in [4.69, 9.17) is 4.74 Å². The Hall–Kier alpha value is -2.66. The van der Waals surface area contributed by atoms with Crippen molar-refractivity contribution in [2.24, 2.45) is 5.92 Å². The zero-order chi connectivity index (χ0) is 18.4. The summed E-state index contributed by atoms with van der Waals surface area (Å²) in [6.45, 7) is 2.06. The third-order valence-corrected chi connectivity index (χ3v) is 4.91. The maximum absolute atomic E-state index is 12.3. The Labute approximate surface area is 154 Å². The molecule has 0 atom stereocenters. The van der Waals surface area contributed by atoms with Gasteiger partial charge >= 0.3 is 5.97 Å². The molecule has 2 aromatic rings. The minimum Gasteiger partial charge on any atom is -0.469 e. The number of carbonyl (C=O) groups is 2. The maximum atomic E-state index is 12.3. The number of methoxy groups -OCH3 is 1. The molecule has 5 nitrogen and oxygen atoms in total. The summed E-state index contributed by atoms with van der Waals surface area (Å²) in [6.07, 6.45) is 1.56. The summed E-state index contributed by atoms with van der Waals surface area (Å²) in [5, 5.41) is 2.96. The van der Waals surface area contributed by atoms with E-state index in [0.29, 0.717) is 6.54 Å². The number of likely N-dealkylation sites (tertiary alicyclic amines) is 1. The van der Waals surface area contributed by atoms with Crippen LogP contribution in [-0.4, -0.2) is 38.6 Å². The lowest BCUT2D eigenvalue weighted by Gasteiger charge is -2.27. The summed E-state index contributed by atoms with van der Waals surface area (Å²) in [5.74, 6) is -0.145. The fraction of sp³-hybridized carbons (Fsp3) is 0.333. The lowest BCUT2D eigenvalue weighted by Crippen LogP contribution is -3.14. The molecular weight excluding hydrogens is 328 g/mol. The van der Waals surface area contributed by atoms with Gasteiger partial charge in [0.15, 0.2) is 6.54 Å². The van der Waals surface area contributed by atoms with Crippen molar-refractivity contribution in [3.63, 3.8) is 0 Å². The van der Waals surface area contributed by atoms with Crippen molar-refractivity contribution < 1.29 is 19.2 Å². The van der Waals surface area contributed by atoms with Gasteiger partial charge in [-0.2, -0.15) is 0 Å². The normalized spacial score (nSPS) is 19.6. The first-order valence-corrected chi connectivity index (χ1v) is 9.02. The smallest absolute Gasteiger partial charge is 0.309 e. The first kappa shape index (κ1) is 18.1. The van der Waals surface area contributed by atoms with Crippen LogP contribution in [0.2, 0.25) is 0 Å². The highest BCUT2D eigenvalue weighted by molar-refractivity contribution is 5.91. The second kappa shape index (κ2) is 8.63. The molecular formula is C21H25N2O3+. The van der Waals surface area contributed by atoms with E-state index in [-0.39, 0.29) is 17.8 Å². The summed E-state index contributed by atoms with van der Waals surface area (Å²) in [5.41, 5.74) is 3.08. The number of ether oxygens (including phenoxy) is 1. The van der Waals surface area contributed by atoms with Gasteiger partial charge in [-0.15, -0.1) is 0 Å². The maximum Gasteiger partial charge on any atom is 0.309 e. The highest BCUT2D eigenvalue weighted by Gasteiger charge is 2.28. The Morgan fingerprint density at radius 3 is 2.23 bits per heavy atom. The summed E-state index contributed by atoms with van der Waals surface area (Å²) >= 11 is 0. The molecule has 2 N–H and O–H groups in total. The fourth-order valence-corrected chi connectivity index (χ4v) is 3.41. The molecule has 1 amide bonds. The van der Waals surface area contributed by atoms with Crippen LogP contribution in [0.5, 0.6) is 0 Å². The molecule has 1 fully saturated rings. The van der Waals surface area contributed by atoms with Gasteiger partial charge in [-0.05, 0) is 23.3 Å². The van der Waals surface area contributed by atoms with Gasteiger partial charge in [0.1, 0.15) is 0 Å². The molecule has 1 aliphatic rings. The summed E-state index contributed by atoms with van der Waals surface area (Å²) in [7, 11) is 1.43. The summed E-state index contributed by atoms with van der Waals surface area (Å²) in [6, 6.07) is 18.0. The topological polar surface area (TPSA) is 59.8 Å². The first-order valence-electron chi connectivity index (χ1n) is 9.02. The quantitative estimate of drug-likeness (QED) is 0.806. The fourth-order valence-electron chi connectivity index (χ4n) is 3.41. The monoisotopic (exact) mass is 353 g/mol. The van der Waals surface area contributed by atoms with Crippen molar-refractivity contribution in [3.8, 4) is 11.1 Å². The third-order valence-electron chi connectivity index (χ3n) is 4.91. The Bertz CT molecular complexity index is 736. The number of hydrogen-bond acceptors (Lipinski definition) is 3. The number of hydrogen-bond donors (Lipinski definition) is 2. The Morgan fingerprint density at radius 1 is 1.00 bits per heavy atom. The van der Waals surface area contributed by atoms with Gasteiger partial charge in [0.05, 0.1) is 26.1 Å². The van der Waals surface area contributed by atoms with E-state index in [0.717, 1.165) is 42.7 Å². The molecule has 0 radical (unpaired) electrons. The van der Waals surface area contributed by atoms with Gasteiger partial charge in [-0.3, -0.25) is 9.59 Å². The van der Waals surface area contributed by atoms with Crippen LogP contribution in [0.3, 0.4) is 0 Å². The number of anilines is 1. The van der Waals surface area contributed by atoms with E-state index >= 15 is 0 Å². The van der Waals surface area contributed by atoms with E-state index in [1.54, 1.807) is 0 Å². The van der Waals surface area contributed by atoms with Crippen molar-refractivity contribution in [2.45, 2.75) is 12.8 Å². The van der Waals surface area contributed by atoms with Gasteiger partial charge < -0.3 is 15.0 Å². The number of amides is 1. The second-order valence-corrected chi connectivity index (χ2v) is 6.72. The van der Waals surface area contributed by atoms with E-state index in [1.807, 2.05) is 42.5 Å². The molecule has 1 heterocycles. The molecule has 0 spiro atoms. The molecule has 2 aromatic carbocycles. The van der Waals surface area contributed by atoms with E-state index in [9.17, 15) is 9.59 Å². The van der Waals surface area contributed by atoms with Gasteiger partial charge in [0, 0.05) is 18.5 Å². The molecule has 26 heavy (non-hydrogen) atoms. The van der Waals surface area contributed by atoms with E-state index < -0.39 is 0 Å². The van der Waals surface area contributed by atoms with Gasteiger partial charge in [-0.25, -0.2) is 0 Å². The van der Waals surface area contributed by atoms with Crippen LogP contribution in [0.1, 0.15) is 12.8 Å². The standard InChI is InChI=1S/C21H24N2O3/c1-26-21(25)18-11-13-23(14-12-18)15-20(24)22-19-9-7-17(8-10-19)16-5-3-2-4-6-16/h2-10,18H,11-15H2,1H3,(H,22,24)/p+1. The van der Waals surface area contributed by atoms with Crippen LogP contribution in [0.4, 0.5) is 5.69 Å². The molecule has 0 unspecified atom stereocenters. The zero-order valence-electron chi connectivity index (χ0n) is 15.0. The average molecular weight is 353 g/mol. The summed E-state index contributed by atoms with van der Waals surface area (Å²) < 4.78 is 4.80. The molecule has 0 aromatic heterocycles. The number of benzene rings is 2. The van der Waals surface area contributed by atoms with Crippen molar-refractivity contribution in [1.82, 2.24) is 0 Å². The molecule has 0 bridgehead atoms. The van der Waals surface area contributed by atoms with Gasteiger partial charge in [0.2, 0.25) is 0 Å². The predicted octanol–water partition coefficient (Wildman–Crippen LogP) is 1.76. The molecule has 1 aliphatic heterocycles. The van der Waals surface area contributed by atoms with Crippen LogP contribution in [-0.2, 0) is 14.3 Å². The van der Waals surface area contributed by atoms with Crippen LogP contribution < -0.4 is 10.2 Å². The third kappa shape index (κ3) is 4.70. The molecule has 136 valence electrons. The van der Waals surface area contributed by atoms with Crippen LogP contribution in [0.25, 0.3) is 11.1 Å². The van der Waals surface area contributed by atoms with E-state index in [1.165, 1.54) is 12.0 Å². The first-order chi connectivity index (χ1) is 12.7. The lowest BCUT2D eigenvalue weighted by molar-refractivity contribution is -0.897. The number of quaternary nitrogens is 1. The Kier molecular flexibility index (Phi) is 6.02. The minimum atomic E-state index is -0.132. The molecule has 1 saturated heterocycles. The highest BCUT2D eigenvalue weighted by atomic mass is 16.5. The number of nitrogens with one attached hydrogen (secondary N) is 2. The van der Waals surface area contributed by atoms with Gasteiger partial charge in [0.25, 0.3) is 5.91 Å².